The van der Waals surface area contributed by atoms with Gasteiger partial charge in [-0.05, 0) is 184 Å². The first-order valence-electron chi connectivity index (χ1n) is 36.5. The topological polar surface area (TPSA) is 81.2 Å². The molecule has 0 amide bonds. The molecule has 0 aromatic heterocycles. The van der Waals surface area contributed by atoms with Gasteiger partial charge in [0.25, 0.3) is 0 Å². The summed E-state index contributed by atoms with van der Waals surface area (Å²) >= 11 is 0. The van der Waals surface area contributed by atoms with E-state index in [2.05, 4.69) is 293 Å². The molecule has 0 spiro atoms. The van der Waals surface area contributed by atoms with Gasteiger partial charge in [-0.3, -0.25) is 38.8 Å². The number of hydrogen-bond acceptors (Lipinski definition) is 8. The Kier molecular flexibility index (Phi) is 41.5. The molecule has 4 rings (SSSR count). The minimum atomic E-state index is -0.0678. The zero-order valence-electron chi connectivity index (χ0n) is 66.3. The Hall–Kier alpha value is -6.34. The van der Waals surface area contributed by atoms with Gasteiger partial charge >= 0.3 is 0 Å². The van der Waals surface area contributed by atoms with Crippen molar-refractivity contribution >= 4 is 35.3 Å². The average Bonchev–Trinajstić information content (AvgIpc) is 0.872. The highest BCUT2D eigenvalue weighted by Gasteiger charge is 2.37. The summed E-state index contributed by atoms with van der Waals surface area (Å²) < 4.78 is 0. The molecule has 4 aromatic carbocycles. The maximum atomic E-state index is 12.9. The Morgan fingerprint density at radius 3 is 1.02 bits per heavy atom. The van der Waals surface area contributed by atoms with Crippen LogP contribution in [0, 0.1) is 89.8 Å². The Bertz CT molecular complexity index is 3100. The smallest absolute Gasteiger partial charge is 0.152 e. The molecule has 0 radical (unpaired) electrons. The predicted octanol–water partition coefficient (Wildman–Crippen LogP) is 20.5. The second-order valence-corrected chi connectivity index (χ2v) is 30.1. The van der Waals surface area contributed by atoms with E-state index in [4.69, 9.17) is 0 Å². The molecule has 97 heavy (non-hydrogen) atoms. The molecule has 4 aromatic rings. The second kappa shape index (κ2) is 45.4. The van der Waals surface area contributed by atoms with Gasteiger partial charge in [-0.1, -0.05) is 275 Å². The summed E-state index contributed by atoms with van der Waals surface area (Å²) in [7, 11) is 8.25. The average molecular weight is 1330 g/mol. The molecule has 0 fully saturated rings. The fourth-order valence-corrected chi connectivity index (χ4v) is 11.6. The summed E-state index contributed by atoms with van der Waals surface area (Å²) in [6.07, 6.45) is 18.8. The number of allylic oxidation sites excluding steroid dienone is 7. The molecule has 12 atom stereocenters. The zero-order chi connectivity index (χ0) is 74.1. The van der Waals surface area contributed by atoms with E-state index in [-0.39, 0.29) is 71.5 Å². The molecule has 0 heterocycles. The minimum absolute atomic E-state index is 0.0236. The van der Waals surface area contributed by atoms with E-state index < -0.39 is 0 Å². The third kappa shape index (κ3) is 30.0. The molecule has 536 valence electrons. The molecule has 0 N–H and O–H groups in total. The van der Waals surface area contributed by atoms with Crippen molar-refractivity contribution in [1.29, 1.82) is 0 Å². The van der Waals surface area contributed by atoms with Gasteiger partial charge in [0.15, 0.2) is 23.1 Å². The molecule has 0 aliphatic heterocycles. The third-order valence-corrected chi connectivity index (χ3v) is 20.2. The van der Waals surface area contributed by atoms with Crippen LogP contribution in [0.1, 0.15) is 188 Å². The standard InChI is InChI=1S/C27H37NO.C23H33NO.C22H35NO.C17H31NO/c1-19(2)27(29)26(28(7)20(3)4)22(6)21(5)13-14-23-15-17-25(18-16-23)24-11-9-8-10-12-24;1-17(2)23(25)22(24(7)18(3)4)20(6)19(5)13-11-12-16-21-14-9-8-10-15-21;1-15(2)22(24)21(23(8)16(3)4)19(7)17(5)13-14-20-12-10-9-11-18(20)6;1-9-10-11-14(6)15(7)16(17(19)12(2)3)18(8)13(4)5/h8-22,26H,1-7H3;8-11,13-15,17-20,22H,1-7H3;9-17,19,21H,1-8H3;9-16H,1H2,2-8H3/b14-13+;13-11+;14-13+;11-10+/t21-,22-,26+;19-,20-,22+;17-,19-,21+;14-,15-,16+/m1111/s1. The maximum Gasteiger partial charge on any atom is 0.152 e. The molecule has 0 aliphatic carbocycles. The summed E-state index contributed by atoms with van der Waals surface area (Å²) in [6.45, 7) is 56.5. The van der Waals surface area contributed by atoms with Crippen molar-refractivity contribution in [3.63, 3.8) is 0 Å². The molecular weight excluding hydrogens is 1190 g/mol. The summed E-state index contributed by atoms with van der Waals surface area (Å²) in [5.74, 6) is 10.1. The summed E-state index contributed by atoms with van der Waals surface area (Å²) in [5, 5.41) is 0. The molecule has 0 unspecified atom stereocenters. The monoisotopic (exact) mass is 1330 g/mol. The van der Waals surface area contributed by atoms with Crippen molar-refractivity contribution in [1.82, 2.24) is 19.6 Å². The van der Waals surface area contributed by atoms with E-state index in [1.165, 1.54) is 27.8 Å². The Balaban J connectivity index is 0.000000654. The number of ketones is 4. The van der Waals surface area contributed by atoms with Gasteiger partial charge in [0, 0.05) is 53.4 Å². The lowest BCUT2D eigenvalue weighted by molar-refractivity contribution is -0.130. The van der Waals surface area contributed by atoms with Gasteiger partial charge in [-0.15, -0.1) is 0 Å². The molecule has 8 heteroatoms. The van der Waals surface area contributed by atoms with E-state index in [0.717, 1.165) is 5.56 Å². The summed E-state index contributed by atoms with van der Waals surface area (Å²) in [6, 6.07) is 38.7. The number of likely N-dealkylation sites (N-methyl/N-ethyl adjacent to an activating group) is 4. The fourth-order valence-electron chi connectivity index (χ4n) is 11.6. The van der Waals surface area contributed by atoms with Crippen LogP contribution in [0.15, 0.2) is 158 Å². The largest absolute Gasteiger partial charge is 0.298 e. The highest BCUT2D eigenvalue weighted by atomic mass is 16.1. The van der Waals surface area contributed by atoms with Crippen molar-refractivity contribution in [2.75, 3.05) is 28.2 Å². The number of carbonyl (C=O) groups excluding carboxylic acids is 4. The van der Waals surface area contributed by atoms with Crippen molar-refractivity contribution in [2.24, 2.45) is 71.0 Å². The number of hydrogen-bond donors (Lipinski definition) is 0. The van der Waals surface area contributed by atoms with Gasteiger partial charge in [0.05, 0.1) is 24.2 Å². The van der Waals surface area contributed by atoms with E-state index in [9.17, 15) is 19.2 Å². The van der Waals surface area contributed by atoms with E-state index in [0.29, 0.717) is 71.0 Å². The molecule has 0 saturated heterocycles. The lowest BCUT2D eigenvalue weighted by Gasteiger charge is -2.37. The van der Waals surface area contributed by atoms with Crippen molar-refractivity contribution in [3.8, 4) is 23.0 Å². The summed E-state index contributed by atoms with van der Waals surface area (Å²) in [4.78, 5) is 59.8. The molecule has 8 nitrogen and oxygen atoms in total. The van der Waals surface area contributed by atoms with Crippen LogP contribution in [0.25, 0.3) is 23.3 Å². The van der Waals surface area contributed by atoms with Crippen LogP contribution in [0.4, 0.5) is 0 Å². The Morgan fingerprint density at radius 1 is 0.371 bits per heavy atom. The van der Waals surface area contributed by atoms with Gasteiger partial charge < -0.3 is 0 Å². The van der Waals surface area contributed by atoms with Crippen LogP contribution in [0.2, 0.25) is 0 Å². The first-order chi connectivity index (χ1) is 45.4. The van der Waals surface area contributed by atoms with Crippen molar-refractivity contribution in [2.45, 2.75) is 221 Å². The highest BCUT2D eigenvalue weighted by molar-refractivity contribution is 5.87. The Labute approximate surface area is 595 Å². The highest BCUT2D eigenvalue weighted by Crippen LogP contribution is 2.30. The molecule has 0 bridgehead atoms. The van der Waals surface area contributed by atoms with E-state index >= 15 is 0 Å². The first-order valence-corrected chi connectivity index (χ1v) is 36.5. The van der Waals surface area contributed by atoms with Crippen LogP contribution in [-0.4, -0.2) is 119 Å². The summed E-state index contributed by atoms with van der Waals surface area (Å²) in [5.41, 5.74) is 7.19. The van der Waals surface area contributed by atoms with Crippen LogP contribution in [0.3, 0.4) is 0 Å². The lowest BCUT2D eigenvalue weighted by atomic mass is 9.82. The first kappa shape index (κ1) is 88.7. The number of aryl methyl sites for hydroxylation is 1. The number of benzene rings is 4. The van der Waals surface area contributed by atoms with E-state index in [1.54, 1.807) is 6.08 Å². The molecule has 0 saturated carbocycles. The maximum absolute atomic E-state index is 12.9. The number of Topliss-reactive ketones (excluding diaryl/α,β-unsaturated/α-hetero) is 4. The second-order valence-electron chi connectivity index (χ2n) is 30.1. The third-order valence-electron chi connectivity index (χ3n) is 20.2. The van der Waals surface area contributed by atoms with Crippen molar-refractivity contribution < 1.29 is 19.2 Å². The number of carbonyl (C=O) groups is 4. The van der Waals surface area contributed by atoms with Gasteiger partial charge in [-0.2, -0.15) is 0 Å². The van der Waals surface area contributed by atoms with Crippen LogP contribution >= 0.6 is 0 Å². The number of rotatable bonds is 32. The van der Waals surface area contributed by atoms with Crippen LogP contribution < -0.4 is 0 Å². The SMILES string of the molecule is C=C/C=C/[C@@H](C)[C@@H](C)[C@@H](C(=O)C(C)C)N(C)C(C)C.CC(C)C(=O)[C@H]([C@H](C)[C@H](C)/C=C/C#Cc1ccccc1)N(C)C(C)C.CC(C)C(=O)[C@H]([C@H](C)[C@H](C)/C=C/c1ccc(-c2ccccc2)cc1)N(C)C(C)C.Cc1ccccc1/C=C/[C@@H](C)[C@@H](C)[C@@H](C(=O)C(C)C)N(C)C(C)C. The number of nitrogens with zero attached hydrogens (tertiary/aromatic N) is 4. The van der Waals surface area contributed by atoms with Crippen molar-refractivity contribution in [3.05, 3.63) is 181 Å². The molecule has 0 aliphatic rings. The Morgan fingerprint density at radius 2 is 0.680 bits per heavy atom. The minimum Gasteiger partial charge on any atom is -0.298 e. The molecular formula is C89H136N4O4. The fraction of sp³-hybridized carbons (Fsp3) is 0.551. The zero-order valence-corrected chi connectivity index (χ0v) is 66.3. The quantitative estimate of drug-likeness (QED) is 0.0353. The van der Waals surface area contributed by atoms with Gasteiger partial charge in [0.1, 0.15) is 0 Å². The van der Waals surface area contributed by atoms with Gasteiger partial charge in [0.2, 0.25) is 0 Å². The van der Waals surface area contributed by atoms with Crippen LogP contribution in [-0.2, 0) is 19.2 Å². The lowest BCUT2D eigenvalue weighted by Crippen LogP contribution is -2.49. The van der Waals surface area contributed by atoms with E-state index in [1.807, 2.05) is 104 Å². The van der Waals surface area contributed by atoms with Crippen LogP contribution in [0.5, 0.6) is 0 Å². The predicted molar refractivity (Wildman–Crippen MR) is 422 cm³/mol. The normalized spacial score (nSPS) is 15.8. The van der Waals surface area contributed by atoms with Gasteiger partial charge in [-0.25, -0.2) is 0 Å².